The number of rotatable bonds is 7. The van der Waals surface area contributed by atoms with E-state index in [1.54, 1.807) is 26.0 Å². The van der Waals surface area contributed by atoms with Gasteiger partial charge in [0.05, 0.1) is 41.8 Å². The van der Waals surface area contributed by atoms with Crippen LogP contribution >= 0.6 is 69.6 Å². The molecule has 1 N–H and O–H groups in total. The molecule has 4 rings (SSSR count). The normalized spacial score (nSPS) is 11.1. The van der Waals surface area contributed by atoms with E-state index in [0.29, 0.717) is 21.2 Å². The highest BCUT2D eigenvalue weighted by atomic mass is 35.5. The van der Waals surface area contributed by atoms with Crippen molar-refractivity contribution in [2.24, 2.45) is 0 Å². The Morgan fingerprint density at radius 2 is 1.24 bits per heavy atom. The van der Waals surface area contributed by atoms with Gasteiger partial charge in [0.1, 0.15) is 32.5 Å². The maximum atomic E-state index is 13.8. The predicted molar refractivity (Wildman–Crippen MR) is 153 cm³/mol. The minimum atomic E-state index is -0.567. The van der Waals surface area contributed by atoms with E-state index in [-0.39, 0.29) is 60.1 Å². The second-order valence-corrected chi connectivity index (χ2v) is 10.6. The van der Waals surface area contributed by atoms with Gasteiger partial charge in [-0.3, -0.25) is 14.2 Å². The van der Waals surface area contributed by atoms with Crippen molar-refractivity contribution in [3.63, 3.8) is 0 Å². The number of nitrogens with one attached hydrogen (secondary N) is 1. The number of hydrogen-bond acceptors (Lipinski definition) is 4. The first-order valence-corrected chi connectivity index (χ1v) is 13.1. The summed E-state index contributed by atoms with van der Waals surface area (Å²) in [5.74, 6) is -0.551. The van der Waals surface area contributed by atoms with Gasteiger partial charge in [-0.15, -0.1) is 0 Å². The summed E-state index contributed by atoms with van der Waals surface area (Å²) < 4.78 is 12.1. The van der Waals surface area contributed by atoms with E-state index in [0.717, 1.165) is 0 Å². The smallest absolute Gasteiger partial charge is 0.215 e. The Balaban J connectivity index is 1.97. The second kappa shape index (κ2) is 11.0. The van der Waals surface area contributed by atoms with E-state index < -0.39 is 11.6 Å². The molecule has 2 aromatic heterocycles. The number of aryl methyl sites for hydroxylation is 2. The van der Waals surface area contributed by atoms with Gasteiger partial charge in [0.25, 0.3) is 0 Å². The average Bonchev–Trinajstić information content (AvgIpc) is 3.34. The Morgan fingerprint density at radius 1 is 0.737 bits per heavy atom. The fraction of sp³-hybridized carbons (Fsp3) is 0.154. The molecule has 2 heterocycles. The molecule has 198 valence electrons. The number of halogens is 6. The summed E-state index contributed by atoms with van der Waals surface area (Å²) in [5.41, 5.74) is 1.63. The van der Waals surface area contributed by atoms with E-state index >= 15 is 0 Å². The number of ketones is 2. The lowest BCUT2D eigenvalue weighted by atomic mass is 10.0. The zero-order valence-electron chi connectivity index (χ0n) is 20.2. The first kappa shape index (κ1) is 28.7. The van der Waals surface area contributed by atoms with Crippen molar-refractivity contribution < 1.29 is 19.1 Å². The molecule has 0 radical (unpaired) electrons. The molecule has 0 atom stereocenters. The summed E-state index contributed by atoms with van der Waals surface area (Å²) in [5, 5.41) is 0.538. The van der Waals surface area contributed by atoms with Gasteiger partial charge in [0.2, 0.25) is 11.6 Å². The summed E-state index contributed by atoms with van der Waals surface area (Å²) in [6.07, 6.45) is 0. The lowest BCUT2D eigenvalue weighted by Gasteiger charge is -2.15. The maximum Gasteiger partial charge on any atom is 0.215 e. The Labute approximate surface area is 248 Å². The average molecular weight is 635 g/mol. The van der Waals surface area contributed by atoms with Crippen molar-refractivity contribution in [2.45, 2.75) is 13.8 Å². The minimum Gasteiger partial charge on any atom is -0.496 e. The summed E-state index contributed by atoms with van der Waals surface area (Å²) in [6, 6.07) is 7.57. The van der Waals surface area contributed by atoms with Crippen LogP contribution in [0.1, 0.15) is 43.2 Å². The van der Waals surface area contributed by atoms with Crippen LogP contribution in [0.15, 0.2) is 30.3 Å². The van der Waals surface area contributed by atoms with Crippen LogP contribution in [0.3, 0.4) is 0 Å². The molecule has 0 unspecified atom stereocenters. The van der Waals surface area contributed by atoms with Crippen LogP contribution in [0, 0.1) is 13.8 Å². The predicted octanol–water partition coefficient (Wildman–Crippen LogP) is 8.82. The zero-order valence-corrected chi connectivity index (χ0v) is 24.8. The van der Waals surface area contributed by atoms with Crippen LogP contribution in [0.2, 0.25) is 30.4 Å². The number of carbonyl (C=O) groups excluding carboxylic acids is 2. The Bertz CT molecular complexity index is 1500. The highest BCUT2D eigenvalue weighted by Crippen LogP contribution is 2.41. The van der Waals surface area contributed by atoms with Gasteiger partial charge in [0, 0.05) is 10.0 Å². The first-order chi connectivity index (χ1) is 17.9. The van der Waals surface area contributed by atoms with E-state index in [9.17, 15) is 9.59 Å². The molecule has 2 aromatic carbocycles. The molecule has 0 spiro atoms. The molecule has 4 aromatic rings. The number of nitrogens with zero attached hydrogens (tertiary/aromatic N) is 1. The van der Waals surface area contributed by atoms with Crippen molar-refractivity contribution in [1.82, 2.24) is 9.55 Å². The molecule has 0 aliphatic heterocycles. The van der Waals surface area contributed by atoms with E-state index in [1.165, 1.54) is 37.0 Å². The molecule has 0 fully saturated rings. The van der Waals surface area contributed by atoms with Crippen LogP contribution in [-0.2, 0) is 0 Å². The molecule has 0 amide bonds. The molecule has 0 saturated carbocycles. The SMILES string of the molecule is COc1cc(C)c(Cl)cc1C(=O)c1[nH]c(Cl)c(Cl)c1-n1c(C(=O)c2cc(Cl)c(C)cc2OC)cc(Cl)c1Cl. The van der Waals surface area contributed by atoms with Crippen LogP contribution in [0.25, 0.3) is 5.69 Å². The largest absolute Gasteiger partial charge is 0.496 e. The van der Waals surface area contributed by atoms with Crippen molar-refractivity contribution in [1.29, 1.82) is 0 Å². The summed E-state index contributed by atoms with van der Waals surface area (Å²) in [6.45, 7) is 3.55. The van der Waals surface area contributed by atoms with Gasteiger partial charge in [0.15, 0.2) is 0 Å². The number of ether oxygens (including phenoxy) is 2. The third-order valence-electron chi connectivity index (χ3n) is 5.90. The van der Waals surface area contributed by atoms with Gasteiger partial charge in [-0.05, 0) is 55.3 Å². The Hall–Kier alpha value is -2.32. The number of aromatic nitrogens is 2. The Morgan fingerprint density at radius 3 is 1.74 bits per heavy atom. The number of methoxy groups -OCH3 is 2. The monoisotopic (exact) mass is 632 g/mol. The molecule has 0 bridgehead atoms. The number of aromatic amines is 1. The molecule has 38 heavy (non-hydrogen) atoms. The first-order valence-electron chi connectivity index (χ1n) is 10.8. The summed E-state index contributed by atoms with van der Waals surface area (Å²) >= 11 is 38.4. The van der Waals surface area contributed by atoms with Gasteiger partial charge in [-0.2, -0.15) is 0 Å². The number of carbonyl (C=O) groups is 2. The van der Waals surface area contributed by atoms with Crippen molar-refractivity contribution >= 4 is 81.2 Å². The van der Waals surface area contributed by atoms with Crippen molar-refractivity contribution in [2.75, 3.05) is 14.2 Å². The van der Waals surface area contributed by atoms with Crippen molar-refractivity contribution in [3.05, 3.63) is 94.4 Å². The lowest BCUT2D eigenvalue weighted by Crippen LogP contribution is -2.14. The summed E-state index contributed by atoms with van der Waals surface area (Å²) in [7, 11) is 2.85. The molecule has 0 aliphatic rings. The van der Waals surface area contributed by atoms with E-state index in [4.69, 9.17) is 79.1 Å². The third-order valence-corrected chi connectivity index (χ3v) is 8.22. The fourth-order valence-electron chi connectivity index (χ4n) is 3.93. The van der Waals surface area contributed by atoms with Crippen LogP contribution in [-0.4, -0.2) is 35.3 Å². The van der Waals surface area contributed by atoms with Gasteiger partial charge in [-0.25, -0.2) is 0 Å². The van der Waals surface area contributed by atoms with Crippen LogP contribution < -0.4 is 9.47 Å². The highest BCUT2D eigenvalue weighted by molar-refractivity contribution is 6.45. The van der Waals surface area contributed by atoms with E-state index in [1.807, 2.05) is 0 Å². The fourth-order valence-corrected chi connectivity index (χ4v) is 5.09. The summed E-state index contributed by atoms with van der Waals surface area (Å²) in [4.78, 5) is 30.4. The van der Waals surface area contributed by atoms with E-state index in [2.05, 4.69) is 4.98 Å². The second-order valence-electron chi connectivity index (χ2n) is 8.24. The number of benzene rings is 2. The molecule has 12 heteroatoms. The molecular formula is C26H18Cl6N2O4. The highest BCUT2D eigenvalue weighted by Gasteiger charge is 2.31. The number of H-pyrrole nitrogens is 1. The number of hydrogen-bond donors (Lipinski definition) is 1. The quantitative estimate of drug-likeness (QED) is 0.206. The standard InChI is InChI=1S/C26H18Cl6N2O4/c1-10-5-18(37-3)12(7-14(10)27)23(35)17-9-16(29)26(32)34(17)22-20(30)25(31)33-21(22)24(36)13-8-15(28)11(2)6-19(13)38-4/h5-9,33H,1-4H3. The van der Waals surface area contributed by atoms with Gasteiger partial charge >= 0.3 is 0 Å². The molecular weight excluding hydrogens is 617 g/mol. The van der Waals surface area contributed by atoms with Crippen molar-refractivity contribution in [3.8, 4) is 17.2 Å². The van der Waals surface area contributed by atoms with Gasteiger partial charge < -0.3 is 14.5 Å². The molecule has 0 saturated heterocycles. The Kier molecular flexibility index (Phi) is 8.34. The molecule has 6 nitrogen and oxygen atoms in total. The topological polar surface area (TPSA) is 73.3 Å². The molecule has 0 aliphatic carbocycles. The van der Waals surface area contributed by atoms with Crippen LogP contribution in [0.4, 0.5) is 0 Å². The minimum absolute atomic E-state index is 0.0119. The van der Waals surface area contributed by atoms with Gasteiger partial charge in [-0.1, -0.05) is 69.6 Å². The van der Waals surface area contributed by atoms with Crippen LogP contribution in [0.5, 0.6) is 11.5 Å². The zero-order chi connectivity index (χ0) is 28.0. The maximum absolute atomic E-state index is 13.8. The lowest BCUT2D eigenvalue weighted by molar-refractivity contribution is 0.101. The third kappa shape index (κ3) is 4.90.